The molecular weight excluding hydrogens is 336 g/mol. The van der Waals surface area contributed by atoms with Gasteiger partial charge in [-0.2, -0.15) is 0 Å². The second-order valence-electron chi connectivity index (χ2n) is 8.67. The van der Waals surface area contributed by atoms with Crippen molar-refractivity contribution in [1.82, 2.24) is 14.8 Å². The maximum Gasteiger partial charge on any atom is 0.129 e. The van der Waals surface area contributed by atoms with E-state index in [1.54, 1.807) is 0 Å². The van der Waals surface area contributed by atoms with E-state index in [4.69, 9.17) is 4.98 Å². The number of benzene rings is 1. The molecule has 1 aliphatic carbocycles. The number of rotatable bonds is 2. The number of fused-ring (bicyclic) bond motifs is 2. The van der Waals surface area contributed by atoms with Crippen LogP contribution in [0.4, 0.5) is 5.82 Å². The molecule has 0 saturated carbocycles. The first-order valence-corrected chi connectivity index (χ1v) is 10.4. The number of nitrogens with zero attached hydrogens (tertiary/aromatic N) is 4. The topological polar surface area (TPSA) is 42.8 Å². The van der Waals surface area contributed by atoms with Gasteiger partial charge in [0, 0.05) is 44.7 Å². The van der Waals surface area contributed by atoms with Crippen molar-refractivity contribution < 1.29 is 5.11 Å². The summed E-state index contributed by atoms with van der Waals surface area (Å²) < 4.78 is 0. The molecule has 2 aliphatic heterocycles. The Hall–Kier alpha value is -1.69. The van der Waals surface area contributed by atoms with E-state index in [0.29, 0.717) is 6.54 Å². The summed E-state index contributed by atoms with van der Waals surface area (Å²) in [7, 11) is 2.17. The number of aliphatic hydroxyl groups excluding tert-OH is 1. The van der Waals surface area contributed by atoms with Crippen LogP contribution in [0.1, 0.15) is 23.1 Å². The lowest BCUT2D eigenvalue weighted by Crippen LogP contribution is -2.52. The van der Waals surface area contributed by atoms with Crippen LogP contribution in [0.5, 0.6) is 0 Å². The van der Waals surface area contributed by atoms with Crippen molar-refractivity contribution in [2.45, 2.75) is 38.3 Å². The molecule has 3 aliphatic rings. The molecule has 5 rings (SSSR count). The zero-order valence-corrected chi connectivity index (χ0v) is 16.5. The highest BCUT2D eigenvalue weighted by Crippen LogP contribution is 2.31. The molecule has 2 saturated heterocycles. The first-order chi connectivity index (χ1) is 13.1. The summed E-state index contributed by atoms with van der Waals surface area (Å²) in [5.74, 6) is 1.02. The number of piperazine rings is 1. The highest BCUT2D eigenvalue weighted by atomic mass is 16.3. The zero-order valence-electron chi connectivity index (χ0n) is 16.5. The number of aryl methyl sites for hydroxylation is 3. The number of hydrogen-bond donors (Lipinski definition) is 1. The van der Waals surface area contributed by atoms with Gasteiger partial charge >= 0.3 is 0 Å². The van der Waals surface area contributed by atoms with Crippen LogP contribution in [0.25, 0.3) is 10.9 Å². The number of likely N-dealkylation sites (N-methyl/N-ethyl adjacent to an activating group) is 1. The van der Waals surface area contributed by atoms with E-state index in [-0.39, 0.29) is 12.1 Å². The molecule has 0 bridgehead atoms. The minimum atomic E-state index is -0.300. The largest absolute Gasteiger partial charge is 0.390 e. The van der Waals surface area contributed by atoms with Crippen LogP contribution in [0.15, 0.2) is 18.2 Å². The van der Waals surface area contributed by atoms with Gasteiger partial charge in [0.2, 0.25) is 0 Å². The summed E-state index contributed by atoms with van der Waals surface area (Å²) in [6.45, 7) is 8.00. The lowest BCUT2D eigenvalue weighted by molar-refractivity contribution is 0.0512. The second kappa shape index (κ2) is 6.73. The number of anilines is 1. The molecule has 0 spiro atoms. The molecule has 2 fully saturated rings. The molecule has 0 amide bonds. The first kappa shape index (κ1) is 17.4. The average molecular weight is 367 g/mol. The minimum Gasteiger partial charge on any atom is -0.390 e. The number of aromatic nitrogens is 1. The molecule has 2 aromatic rings. The van der Waals surface area contributed by atoms with Crippen LogP contribution in [0.2, 0.25) is 0 Å². The molecule has 1 aromatic heterocycles. The molecule has 1 aromatic carbocycles. The van der Waals surface area contributed by atoms with Gasteiger partial charge < -0.3 is 14.9 Å². The normalized spacial score (nSPS) is 26.9. The Balaban J connectivity index is 1.41. The summed E-state index contributed by atoms with van der Waals surface area (Å²) in [6, 6.07) is 7.09. The third kappa shape index (κ3) is 3.12. The Morgan fingerprint density at radius 3 is 2.52 bits per heavy atom. The van der Waals surface area contributed by atoms with Crippen molar-refractivity contribution in [3.8, 4) is 0 Å². The monoisotopic (exact) mass is 366 g/mol. The fraction of sp³-hybridized carbons (Fsp3) is 0.591. The number of pyridine rings is 1. The third-order valence-corrected chi connectivity index (χ3v) is 6.81. The van der Waals surface area contributed by atoms with Crippen molar-refractivity contribution in [1.29, 1.82) is 0 Å². The van der Waals surface area contributed by atoms with Gasteiger partial charge in [-0.15, -0.1) is 0 Å². The second-order valence-corrected chi connectivity index (χ2v) is 8.67. The number of hydrogen-bond acceptors (Lipinski definition) is 5. The lowest BCUT2D eigenvalue weighted by Gasteiger charge is -2.37. The molecule has 0 unspecified atom stereocenters. The van der Waals surface area contributed by atoms with Gasteiger partial charge in [0.25, 0.3) is 0 Å². The van der Waals surface area contributed by atoms with Gasteiger partial charge in [-0.1, -0.05) is 0 Å². The van der Waals surface area contributed by atoms with Crippen LogP contribution >= 0.6 is 0 Å². The third-order valence-electron chi connectivity index (χ3n) is 6.81. The lowest BCUT2D eigenvalue weighted by atomic mass is 10.0. The quantitative estimate of drug-likeness (QED) is 0.878. The SMILES string of the molecule is Cc1cc(N2C[C@H](O)[C@@H](N3CCN(C)CC3)C2)nc2cc3c(cc12)CCC3. The van der Waals surface area contributed by atoms with Gasteiger partial charge in [-0.05, 0) is 68.1 Å². The van der Waals surface area contributed by atoms with Crippen LogP contribution in [0.3, 0.4) is 0 Å². The molecule has 0 radical (unpaired) electrons. The Kier molecular flexibility index (Phi) is 4.34. The van der Waals surface area contributed by atoms with Crippen molar-refractivity contribution in [3.63, 3.8) is 0 Å². The number of β-amino-alcohol motifs (C(OH)–C–C–N with tert-alkyl or cyclic N) is 1. The van der Waals surface area contributed by atoms with Gasteiger partial charge in [-0.25, -0.2) is 4.98 Å². The summed E-state index contributed by atoms with van der Waals surface area (Å²) in [5, 5.41) is 12.0. The smallest absolute Gasteiger partial charge is 0.129 e. The maximum atomic E-state index is 10.7. The van der Waals surface area contributed by atoms with Crippen molar-refractivity contribution in [3.05, 3.63) is 34.9 Å². The molecule has 5 heteroatoms. The Labute approximate surface area is 161 Å². The van der Waals surface area contributed by atoms with E-state index >= 15 is 0 Å². The predicted octanol–water partition coefficient (Wildman–Crippen LogP) is 1.83. The summed E-state index contributed by atoms with van der Waals surface area (Å²) in [5.41, 5.74) is 5.39. The average Bonchev–Trinajstić information content (AvgIpc) is 3.27. The Morgan fingerprint density at radius 1 is 1.00 bits per heavy atom. The molecule has 3 heterocycles. The van der Waals surface area contributed by atoms with Crippen LogP contribution < -0.4 is 4.90 Å². The van der Waals surface area contributed by atoms with E-state index in [0.717, 1.165) is 44.1 Å². The summed E-state index contributed by atoms with van der Waals surface area (Å²) in [6.07, 6.45) is 3.36. The van der Waals surface area contributed by atoms with Crippen molar-refractivity contribution in [2.24, 2.45) is 0 Å². The standard InChI is InChI=1S/C22H30N4O/c1-15-10-22(23-19-12-17-5-3-4-16(17)11-18(15)19)26-13-20(21(27)14-26)25-8-6-24(2)7-9-25/h10-12,20-21,27H,3-9,13-14H2,1-2H3/t20-,21-/m0/s1. The maximum absolute atomic E-state index is 10.7. The zero-order chi connectivity index (χ0) is 18.5. The molecule has 144 valence electrons. The summed E-state index contributed by atoms with van der Waals surface area (Å²) in [4.78, 5) is 12.1. The van der Waals surface area contributed by atoms with E-state index in [2.05, 4.69) is 46.9 Å². The van der Waals surface area contributed by atoms with Gasteiger partial charge in [0.1, 0.15) is 5.82 Å². The predicted molar refractivity (Wildman–Crippen MR) is 110 cm³/mol. The van der Waals surface area contributed by atoms with E-state index in [9.17, 15) is 5.11 Å². The van der Waals surface area contributed by atoms with Crippen LogP contribution in [0, 0.1) is 6.92 Å². The van der Waals surface area contributed by atoms with Crippen LogP contribution in [-0.4, -0.2) is 78.4 Å². The highest BCUT2D eigenvalue weighted by Gasteiger charge is 2.37. The number of aliphatic hydroxyl groups is 1. The fourth-order valence-electron chi connectivity index (χ4n) is 5.08. The Bertz CT molecular complexity index is 859. The van der Waals surface area contributed by atoms with Crippen molar-refractivity contribution in [2.75, 3.05) is 51.2 Å². The van der Waals surface area contributed by atoms with E-state index < -0.39 is 0 Å². The fourth-order valence-corrected chi connectivity index (χ4v) is 5.08. The molecular formula is C22H30N4O. The molecule has 2 atom stereocenters. The van der Waals surface area contributed by atoms with Crippen molar-refractivity contribution >= 4 is 16.7 Å². The Morgan fingerprint density at radius 2 is 1.74 bits per heavy atom. The van der Waals surface area contributed by atoms with Crippen LogP contribution in [-0.2, 0) is 12.8 Å². The van der Waals surface area contributed by atoms with Gasteiger partial charge in [-0.3, -0.25) is 4.90 Å². The molecule has 27 heavy (non-hydrogen) atoms. The minimum absolute atomic E-state index is 0.219. The summed E-state index contributed by atoms with van der Waals surface area (Å²) >= 11 is 0. The van der Waals surface area contributed by atoms with Gasteiger partial charge in [0.05, 0.1) is 17.7 Å². The van der Waals surface area contributed by atoms with Gasteiger partial charge in [0.15, 0.2) is 0 Å². The highest BCUT2D eigenvalue weighted by molar-refractivity contribution is 5.85. The molecule has 1 N–H and O–H groups in total. The first-order valence-electron chi connectivity index (χ1n) is 10.4. The molecule has 5 nitrogen and oxygen atoms in total. The van der Waals surface area contributed by atoms with E-state index in [1.165, 1.54) is 41.3 Å². The van der Waals surface area contributed by atoms with E-state index in [1.807, 2.05) is 0 Å².